The fourth-order valence-corrected chi connectivity index (χ4v) is 3.24. The number of aromatic hydroxyl groups is 1. The van der Waals surface area contributed by atoms with E-state index in [0.29, 0.717) is 23.6 Å². The van der Waals surface area contributed by atoms with E-state index in [1.165, 1.54) is 12.1 Å². The van der Waals surface area contributed by atoms with E-state index < -0.39 is 5.63 Å². The van der Waals surface area contributed by atoms with Crippen molar-refractivity contribution in [1.29, 1.82) is 0 Å². The lowest BCUT2D eigenvalue weighted by Crippen LogP contribution is -2.19. The molecule has 1 heterocycles. The Kier molecular flexibility index (Phi) is 5.11. The summed E-state index contributed by atoms with van der Waals surface area (Å²) in [5.41, 5.74) is 2.62. The molecule has 0 saturated heterocycles. The highest BCUT2D eigenvalue weighted by Crippen LogP contribution is 2.28. The van der Waals surface area contributed by atoms with E-state index in [0.717, 1.165) is 22.1 Å². The molecule has 3 rings (SSSR count). The molecule has 0 aliphatic rings. The Morgan fingerprint density at radius 3 is 2.68 bits per heavy atom. The summed E-state index contributed by atoms with van der Waals surface area (Å²) in [7, 11) is 0. The van der Waals surface area contributed by atoms with Gasteiger partial charge in [0.25, 0.3) is 0 Å². The SMILES string of the molecule is CCc1cc2c(CN[C@H](C)c3ccccc3Cl)cc(=O)oc2cc1O. The van der Waals surface area contributed by atoms with Crippen molar-refractivity contribution in [1.82, 2.24) is 5.32 Å². The molecule has 0 unspecified atom stereocenters. The van der Waals surface area contributed by atoms with Gasteiger partial charge in [-0.05, 0) is 42.2 Å². The zero-order valence-electron chi connectivity index (χ0n) is 14.2. The average molecular weight is 358 g/mol. The van der Waals surface area contributed by atoms with E-state index in [-0.39, 0.29) is 11.8 Å². The van der Waals surface area contributed by atoms with Crippen molar-refractivity contribution >= 4 is 22.6 Å². The van der Waals surface area contributed by atoms with Gasteiger partial charge in [-0.15, -0.1) is 0 Å². The van der Waals surface area contributed by atoms with Gasteiger partial charge in [0, 0.05) is 35.1 Å². The summed E-state index contributed by atoms with van der Waals surface area (Å²) in [5, 5.41) is 14.9. The number of fused-ring (bicyclic) bond motifs is 1. The van der Waals surface area contributed by atoms with Crippen LogP contribution in [-0.2, 0) is 13.0 Å². The lowest BCUT2D eigenvalue weighted by Gasteiger charge is -2.16. The van der Waals surface area contributed by atoms with Crippen LogP contribution < -0.4 is 10.9 Å². The van der Waals surface area contributed by atoms with Gasteiger partial charge in [0.05, 0.1) is 0 Å². The smallest absolute Gasteiger partial charge is 0.336 e. The zero-order chi connectivity index (χ0) is 18.0. The van der Waals surface area contributed by atoms with Crippen LogP contribution in [0.1, 0.15) is 36.6 Å². The van der Waals surface area contributed by atoms with Crippen LogP contribution in [0, 0.1) is 0 Å². The Bertz CT molecular complexity index is 965. The zero-order valence-corrected chi connectivity index (χ0v) is 14.9. The topological polar surface area (TPSA) is 62.5 Å². The highest BCUT2D eigenvalue weighted by molar-refractivity contribution is 6.31. The second kappa shape index (κ2) is 7.30. The molecule has 0 radical (unpaired) electrons. The third-order valence-electron chi connectivity index (χ3n) is 4.38. The van der Waals surface area contributed by atoms with Crippen LogP contribution in [0.3, 0.4) is 0 Å². The van der Waals surface area contributed by atoms with Gasteiger partial charge < -0.3 is 14.8 Å². The molecule has 2 N–H and O–H groups in total. The van der Waals surface area contributed by atoms with E-state index in [1.807, 2.05) is 44.2 Å². The number of hydrogen-bond donors (Lipinski definition) is 2. The van der Waals surface area contributed by atoms with Crippen molar-refractivity contribution in [2.75, 3.05) is 0 Å². The molecule has 1 atom stereocenters. The van der Waals surface area contributed by atoms with Crippen LogP contribution in [0.5, 0.6) is 5.75 Å². The van der Waals surface area contributed by atoms with Gasteiger partial charge in [0.1, 0.15) is 11.3 Å². The van der Waals surface area contributed by atoms with Crippen LogP contribution in [0.25, 0.3) is 11.0 Å². The Morgan fingerprint density at radius 2 is 1.96 bits per heavy atom. The maximum absolute atomic E-state index is 11.8. The first-order valence-corrected chi connectivity index (χ1v) is 8.63. The Hall–Kier alpha value is -2.30. The molecule has 1 aromatic heterocycles. The van der Waals surface area contributed by atoms with Gasteiger partial charge in [0.2, 0.25) is 0 Å². The minimum absolute atomic E-state index is 0.0266. The van der Waals surface area contributed by atoms with Crippen LogP contribution in [0.2, 0.25) is 5.02 Å². The van der Waals surface area contributed by atoms with E-state index in [1.54, 1.807) is 0 Å². The highest BCUT2D eigenvalue weighted by atomic mass is 35.5. The molecule has 0 fully saturated rings. The monoisotopic (exact) mass is 357 g/mol. The molecule has 0 aliphatic heterocycles. The summed E-state index contributed by atoms with van der Waals surface area (Å²) < 4.78 is 5.23. The maximum atomic E-state index is 11.8. The third kappa shape index (κ3) is 3.70. The lowest BCUT2D eigenvalue weighted by molar-refractivity contribution is 0.466. The second-order valence-electron chi connectivity index (χ2n) is 6.05. The first-order chi connectivity index (χ1) is 12.0. The minimum atomic E-state index is -0.432. The molecule has 4 nitrogen and oxygen atoms in total. The molecular weight excluding hydrogens is 338 g/mol. The number of benzene rings is 2. The molecule has 130 valence electrons. The number of rotatable bonds is 5. The van der Waals surface area contributed by atoms with Gasteiger partial charge in [0.15, 0.2) is 0 Å². The van der Waals surface area contributed by atoms with Crippen molar-refractivity contribution in [3.8, 4) is 5.75 Å². The first-order valence-electron chi connectivity index (χ1n) is 8.26. The van der Waals surface area contributed by atoms with Gasteiger partial charge in [-0.1, -0.05) is 36.7 Å². The third-order valence-corrected chi connectivity index (χ3v) is 4.72. The Morgan fingerprint density at radius 1 is 1.20 bits per heavy atom. The number of aryl methyl sites for hydroxylation is 1. The van der Waals surface area contributed by atoms with Gasteiger partial charge in [-0.25, -0.2) is 4.79 Å². The number of phenols is 1. The molecule has 0 bridgehead atoms. The number of phenolic OH excluding ortho intramolecular Hbond substituents is 1. The highest BCUT2D eigenvalue weighted by Gasteiger charge is 2.12. The van der Waals surface area contributed by atoms with Crippen LogP contribution >= 0.6 is 11.6 Å². The molecule has 0 saturated carbocycles. The molecule has 0 aliphatic carbocycles. The quantitative estimate of drug-likeness (QED) is 0.657. The fraction of sp³-hybridized carbons (Fsp3) is 0.250. The van der Waals surface area contributed by atoms with Crippen molar-refractivity contribution in [3.63, 3.8) is 0 Å². The number of hydrogen-bond acceptors (Lipinski definition) is 4. The van der Waals surface area contributed by atoms with E-state index in [4.69, 9.17) is 16.0 Å². The summed E-state index contributed by atoms with van der Waals surface area (Å²) in [6.45, 7) is 4.48. The lowest BCUT2D eigenvalue weighted by atomic mass is 10.0. The average Bonchev–Trinajstić information content (AvgIpc) is 2.59. The number of nitrogens with one attached hydrogen (secondary N) is 1. The van der Waals surface area contributed by atoms with Crippen molar-refractivity contribution in [2.24, 2.45) is 0 Å². The summed E-state index contributed by atoms with van der Waals surface area (Å²) in [6, 6.07) is 12.6. The fourth-order valence-electron chi connectivity index (χ4n) is 2.94. The first kappa shape index (κ1) is 17.5. The second-order valence-corrected chi connectivity index (χ2v) is 6.45. The molecule has 3 aromatic rings. The molecule has 0 amide bonds. The largest absolute Gasteiger partial charge is 0.508 e. The molecule has 5 heteroatoms. The van der Waals surface area contributed by atoms with Crippen molar-refractivity contribution < 1.29 is 9.52 Å². The molecule has 25 heavy (non-hydrogen) atoms. The van der Waals surface area contributed by atoms with Crippen LogP contribution in [0.4, 0.5) is 0 Å². The maximum Gasteiger partial charge on any atom is 0.336 e. The minimum Gasteiger partial charge on any atom is -0.508 e. The van der Waals surface area contributed by atoms with E-state index in [9.17, 15) is 9.90 Å². The van der Waals surface area contributed by atoms with Gasteiger partial charge >= 0.3 is 5.63 Å². The van der Waals surface area contributed by atoms with Crippen LogP contribution in [-0.4, -0.2) is 5.11 Å². The van der Waals surface area contributed by atoms with Gasteiger partial charge in [-0.3, -0.25) is 0 Å². The summed E-state index contributed by atoms with van der Waals surface area (Å²) >= 11 is 6.25. The normalized spacial score (nSPS) is 12.4. The Balaban J connectivity index is 1.93. The Labute approximate surface area is 151 Å². The standard InChI is InChI=1S/C20H20ClNO3/c1-3-13-8-16-14(9-20(24)25-19(16)10-18(13)23)11-22-12(2)15-6-4-5-7-17(15)21/h4-10,12,22-23H,3,11H2,1-2H3/t12-/m1/s1. The van der Waals surface area contributed by atoms with Gasteiger partial charge in [-0.2, -0.15) is 0 Å². The summed E-state index contributed by atoms with van der Waals surface area (Å²) in [5.74, 6) is 0.146. The van der Waals surface area contributed by atoms with Crippen LogP contribution in [0.15, 0.2) is 51.7 Å². The predicted octanol–water partition coefficient (Wildman–Crippen LogP) is 4.57. The summed E-state index contributed by atoms with van der Waals surface area (Å²) in [6.07, 6.45) is 0.698. The summed E-state index contributed by atoms with van der Waals surface area (Å²) in [4.78, 5) is 11.8. The number of halogens is 1. The van der Waals surface area contributed by atoms with E-state index in [2.05, 4.69) is 5.32 Å². The van der Waals surface area contributed by atoms with E-state index >= 15 is 0 Å². The molecule has 2 aromatic carbocycles. The predicted molar refractivity (Wildman–Crippen MR) is 100 cm³/mol. The van der Waals surface area contributed by atoms with Crippen molar-refractivity contribution in [3.05, 3.63) is 74.6 Å². The van der Waals surface area contributed by atoms with Crippen molar-refractivity contribution in [2.45, 2.75) is 32.9 Å². The molecule has 0 spiro atoms. The molecular formula is C20H20ClNO3.